The maximum absolute atomic E-state index is 12.4. The number of allylic oxidation sites excluding steroid dienone is 1. The second-order valence-electron chi connectivity index (χ2n) is 5.30. The molecule has 1 aromatic rings. The Hall–Kier alpha value is -1.88. The Balaban J connectivity index is 2.47. The predicted molar refractivity (Wildman–Crippen MR) is 91.4 cm³/mol. The van der Waals surface area contributed by atoms with E-state index in [9.17, 15) is 4.79 Å². The van der Waals surface area contributed by atoms with Gasteiger partial charge in [-0.1, -0.05) is 43.2 Å². The summed E-state index contributed by atoms with van der Waals surface area (Å²) in [6.45, 7) is 6.28. The van der Waals surface area contributed by atoms with E-state index in [1.807, 2.05) is 38.1 Å². The average molecular weight is 318 g/mol. The molecule has 0 radical (unpaired) electrons. The molecule has 0 spiro atoms. The quantitative estimate of drug-likeness (QED) is 0.645. The molecule has 1 heterocycles. The van der Waals surface area contributed by atoms with Gasteiger partial charge in [-0.25, -0.2) is 4.79 Å². The molecule has 2 N–H and O–H groups in total. The van der Waals surface area contributed by atoms with Crippen LogP contribution in [0.5, 0.6) is 0 Å². The van der Waals surface area contributed by atoms with Crippen molar-refractivity contribution in [3.05, 3.63) is 46.7 Å². The summed E-state index contributed by atoms with van der Waals surface area (Å²) < 4.78 is 5.25. The highest BCUT2D eigenvalue weighted by Gasteiger charge is 2.31. The standard InChI is InChI=1S/C17H22N2O2S/c1-4-6-13-14(16(20)21-5-2)15(19-17(22)18-13)12-9-7-11(3)8-10-12/h7-10,15H,4-6H2,1-3H3,(H2,18,19,22)/t15-/m0/s1. The van der Waals surface area contributed by atoms with Crippen molar-refractivity contribution >= 4 is 23.3 Å². The molecule has 22 heavy (non-hydrogen) atoms. The van der Waals surface area contributed by atoms with E-state index in [2.05, 4.69) is 17.6 Å². The van der Waals surface area contributed by atoms with Crippen molar-refractivity contribution in [2.75, 3.05) is 6.61 Å². The lowest BCUT2D eigenvalue weighted by molar-refractivity contribution is -0.139. The molecule has 0 saturated heterocycles. The third kappa shape index (κ3) is 3.65. The van der Waals surface area contributed by atoms with Crippen LogP contribution >= 0.6 is 12.2 Å². The average Bonchev–Trinajstić information content (AvgIpc) is 2.48. The van der Waals surface area contributed by atoms with Gasteiger partial charge in [0, 0.05) is 5.70 Å². The minimum atomic E-state index is -0.293. The second-order valence-corrected chi connectivity index (χ2v) is 5.71. The Morgan fingerprint density at radius 1 is 1.27 bits per heavy atom. The van der Waals surface area contributed by atoms with Gasteiger partial charge in [-0.2, -0.15) is 0 Å². The molecule has 1 atom stereocenters. The first-order valence-corrected chi connectivity index (χ1v) is 8.01. The van der Waals surface area contributed by atoms with E-state index in [0.29, 0.717) is 17.3 Å². The van der Waals surface area contributed by atoms with Crippen LogP contribution in [-0.4, -0.2) is 17.7 Å². The molecule has 1 aliphatic heterocycles. The molecule has 0 saturated carbocycles. The van der Waals surface area contributed by atoms with Crippen LogP contribution in [0.25, 0.3) is 0 Å². The van der Waals surface area contributed by atoms with Crippen molar-refractivity contribution < 1.29 is 9.53 Å². The van der Waals surface area contributed by atoms with Gasteiger partial charge in [0.2, 0.25) is 0 Å². The maximum atomic E-state index is 12.4. The molecule has 1 aromatic carbocycles. The molecular formula is C17H22N2O2S. The summed E-state index contributed by atoms with van der Waals surface area (Å²) >= 11 is 5.30. The number of thiocarbonyl (C=S) groups is 1. The molecule has 0 unspecified atom stereocenters. The Bertz CT molecular complexity index is 593. The van der Waals surface area contributed by atoms with Crippen LogP contribution in [0.15, 0.2) is 35.5 Å². The van der Waals surface area contributed by atoms with Gasteiger partial charge in [0.05, 0.1) is 18.2 Å². The minimum absolute atomic E-state index is 0.269. The molecule has 0 aliphatic carbocycles. The van der Waals surface area contributed by atoms with Crippen molar-refractivity contribution in [1.29, 1.82) is 0 Å². The number of carbonyl (C=O) groups is 1. The van der Waals surface area contributed by atoms with Crippen LogP contribution in [0.4, 0.5) is 0 Å². The van der Waals surface area contributed by atoms with Gasteiger partial charge >= 0.3 is 5.97 Å². The first-order chi connectivity index (χ1) is 10.6. The van der Waals surface area contributed by atoms with Gasteiger partial charge in [-0.15, -0.1) is 0 Å². The maximum Gasteiger partial charge on any atom is 0.338 e. The fraction of sp³-hybridized carbons (Fsp3) is 0.412. The number of hydrogen-bond donors (Lipinski definition) is 2. The Morgan fingerprint density at radius 2 is 1.95 bits per heavy atom. The Kier molecular flexibility index (Phi) is 5.55. The predicted octanol–water partition coefficient (Wildman–Crippen LogP) is 3.13. The summed E-state index contributed by atoms with van der Waals surface area (Å²) in [5.41, 5.74) is 3.67. The van der Waals surface area contributed by atoms with E-state index >= 15 is 0 Å². The highest BCUT2D eigenvalue weighted by molar-refractivity contribution is 7.80. The number of hydrogen-bond acceptors (Lipinski definition) is 3. The summed E-state index contributed by atoms with van der Waals surface area (Å²) in [6, 6.07) is 7.83. The van der Waals surface area contributed by atoms with E-state index < -0.39 is 0 Å². The number of carbonyl (C=O) groups excluding carboxylic acids is 1. The smallest absolute Gasteiger partial charge is 0.338 e. The van der Waals surface area contributed by atoms with Crippen molar-refractivity contribution in [2.24, 2.45) is 0 Å². The van der Waals surface area contributed by atoms with Gasteiger partial charge in [-0.05, 0) is 38.0 Å². The zero-order valence-electron chi connectivity index (χ0n) is 13.2. The fourth-order valence-corrected chi connectivity index (χ4v) is 2.76. The molecule has 0 amide bonds. The highest BCUT2D eigenvalue weighted by Crippen LogP contribution is 2.29. The lowest BCUT2D eigenvalue weighted by Crippen LogP contribution is -2.45. The molecule has 2 rings (SSSR count). The zero-order valence-corrected chi connectivity index (χ0v) is 14.0. The number of esters is 1. The number of rotatable bonds is 5. The van der Waals surface area contributed by atoms with E-state index in [-0.39, 0.29) is 12.0 Å². The Morgan fingerprint density at radius 3 is 2.55 bits per heavy atom. The normalized spacial score (nSPS) is 17.8. The summed E-state index contributed by atoms with van der Waals surface area (Å²) in [4.78, 5) is 12.4. The van der Waals surface area contributed by atoms with Crippen molar-refractivity contribution in [3.63, 3.8) is 0 Å². The van der Waals surface area contributed by atoms with Crippen LogP contribution in [0.3, 0.4) is 0 Å². The molecule has 0 fully saturated rings. The number of benzene rings is 1. The summed E-state index contributed by atoms with van der Waals surface area (Å²) in [5, 5.41) is 6.85. The van der Waals surface area contributed by atoms with Crippen LogP contribution < -0.4 is 10.6 Å². The van der Waals surface area contributed by atoms with Crippen LogP contribution in [0.1, 0.15) is 43.9 Å². The zero-order chi connectivity index (χ0) is 16.1. The van der Waals surface area contributed by atoms with Gasteiger partial charge in [0.1, 0.15) is 0 Å². The SMILES string of the molecule is CCCC1=C(C(=O)OCC)[C@H](c2ccc(C)cc2)NC(=S)N1. The topological polar surface area (TPSA) is 50.4 Å². The van der Waals surface area contributed by atoms with E-state index in [1.165, 1.54) is 5.56 Å². The third-order valence-electron chi connectivity index (χ3n) is 3.56. The first-order valence-electron chi connectivity index (χ1n) is 7.61. The van der Waals surface area contributed by atoms with Gasteiger partial charge < -0.3 is 15.4 Å². The van der Waals surface area contributed by atoms with Crippen LogP contribution in [0, 0.1) is 6.92 Å². The number of nitrogens with one attached hydrogen (secondary N) is 2. The largest absolute Gasteiger partial charge is 0.463 e. The molecule has 4 nitrogen and oxygen atoms in total. The molecular weight excluding hydrogens is 296 g/mol. The second kappa shape index (κ2) is 7.40. The molecule has 5 heteroatoms. The van der Waals surface area contributed by atoms with E-state index in [1.54, 1.807) is 0 Å². The van der Waals surface area contributed by atoms with Crippen molar-refractivity contribution in [1.82, 2.24) is 10.6 Å². The molecule has 118 valence electrons. The summed E-state index contributed by atoms with van der Waals surface area (Å²) in [5.74, 6) is -0.293. The number of aryl methyl sites for hydroxylation is 1. The summed E-state index contributed by atoms with van der Waals surface area (Å²) in [7, 11) is 0. The molecule has 0 bridgehead atoms. The lowest BCUT2D eigenvalue weighted by Gasteiger charge is -2.31. The highest BCUT2D eigenvalue weighted by atomic mass is 32.1. The number of ether oxygens (including phenoxy) is 1. The minimum Gasteiger partial charge on any atom is -0.463 e. The third-order valence-corrected chi connectivity index (χ3v) is 3.78. The summed E-state index contributed by atoms with van der Waals surface area (Å²) in [6.07, 6.45) is 1.69. The monoisotopic (exact) mass is 318 g/mol. The Labute approximate surface area is 136 Å². The van der Waals surface area contributed by atoms with Gasteiger partial charge in [0.25, 0.3) is 0 Å². The molecule has 1 aliphatic rings. The lowest BCUT2D eigenvalue weighted by atomic mass is 9.93. The van der Waals surface area contributed by atoms with E-state index in [4.69, 9.17) is 17.0 Å². The van der Waals surface area contributed by atoms with Crippen molar-refractivity contribution in [3.8, 4) is 0 Å². The van der Waals surface area contributed by atoms with Gasteiger partial charge in [0.15, 0.2) is 5.11 Å². The fourth-order valence-electron chi connectivity index (χ4n) is 2.52. The van der Waals surface area contributed by atoms with Crippen LogP contribution in [0.2, 0.25) is 0 Å². The first kappa shape index (κ1) is 16.5. The molecule has 0 aromatic heterocycles. The van der Waals surface area contributed by atoms with E-state index in [0.717, 1.165) is 24.1 Å². The van der Waals surface area contributed by atoms with Crippen molar-refractivity contribution in [2.45, 2.75) is 39.7 Å². The van der Waals surface area contributed by atoms with Gasteiger partial charge in [-0.3, -0.25) is 0 Å². The van der Waals surface area contributed by atoms with Crippen LogP contribution in [-0.2, 0) is 9.53 Å².